The third-order valence-electron chi connectivity index (χ3n) is 4.56. The summed E-state index contributed by atoms with van der Waals surface area (Å²) < 4.78 is 0. The summed E-state index contributed by atoms with van der Waals surface area (Å²) in [6.07, 6.45) is 2.17. The van der Waals surface area contributed by atoms with Crippen LogP contribution in [-0.2, 0) is 0 Å². The van der Waals surface area contributed by atoms with E-state index in [1.807, 2.05) is 23.1 Å². The summed E-state index contributed by atoms with van der Waals surface area (Å²) in [5, 5.41) is 0. The molecule has 0 aliphatic carbocycles. The zero-order chi connectivity index (χ0) is 16.4. The minimum absolute atomic E-state index is 0.0584. The van der Waals surface area contributed by atoms with Crippen molar-refractivity contribution in [1.82, 2.24) is 9.88 Å². The van der Waals surface area contributed by atoms with E-state index in [0.717, 1.165) is 37.2 Å². The van der Waals surface area contributed by atoms with Gasteiger partial charge in [0.2, 0.25) is 0 Å². The van der Waals surface area contributed by atoms with Gasteiger partial charge in [-0.3, -0.25) is 4.79 Å². The van der Waals surface area contributed by atoms with Crippen molar-refractivity contribution in [3.8, 4) is 11.3 Å². The van der Waals surface area contributed by atoms with Crippen LogP contribution in [0.4, 0.5) is 0 Å². The molecule has 3 nitrogen and oxygen atoms in total. The van der Waals surface area contributed by atoms with Crippen molar-refractivity contribution < 1.29 is 4.79 Å². The highest BCUT2D eigenvalue weighted by molar-refractivity contribution is 5.93. The fourth-order valence-electron chi connectivity index (χ4n) is 3.21. The molecule has 3 heteroatoms. The Morgan fingerprint density at radius 2 is 1.74 bits per heavy atom. The van der Waals surface area contributed by atoms with Crippen LogP contribution in [-0.4, -0.2) is 28.9 Å². The molecule has 1 aliphatic rings. The van der Waals surface area contributed by atoms with Crippen LogP contribution < -0.4 is 0 Å². The first-order valence-electron chi connectivity index (χ1n) is 8.38. The molecule has 0 radical (unpaired) electrons. The number of rotatable bonds is 2. The topological polar surface area (TPSA) is 33.2 Å². The Morgan fingerprint density at radius 3 is 2.39 bits per heavy atom. The van der Waals surface area contributed by atoms with Crippen LogP contribution in [0.5, 0.6) is 0 Å². The lowest BCUT2D eigenvalue weighted by atomic mass is 9.99. The zero-order valence-electron chi connectivity index (χ0n) is 14.2. The number of carbonyl (C=O) groups excluding carboxylic acids is 1. The van der Waals surface area contributed by atoms with Gasteiger partial charge in [0, 0.05) is 18.7 Å². The van der Waals surface area contributed by atoms with Crippen molar-refractivity contribution in [3.05, 3.63) is 53.2 Å². The molecule has 23 heavy (non-hydrogen) atoms. The Kier molecular flexibility index (Phi) is 4.46. The molecule has 0 atom stereocenters. The molecular weight excluding hydrogens is 284 g/mol. The average Bonchev–Trinajstić information content (AvgIpc) is 2.54. The van der Waals surface area contributed by atoms with Gasteiger partial charge >= 0.3 is 0 Å². The highest BCUT2D eigenvalue weighted by atomic mass is 16.2. The van der Waals surface area contributed by atoms with Crippen LogP contribution in [0.15, 0.2) is 36.4 Å². The maximum absolute atomic E-state index is 12.7. The van der Waals surface area contributed by atoms with E-state index in [2.05, 4.69) is 44.0 Å². The number of hydrogen-bond donors (Lipinski definition) is 0. The predicted molar refractivity (Wildman–Crippen MR) is 93.4 cm³/mol. The Bertz CT molecular complexity index is 695. The molecule has 0 N–H and O–H groups in total. The van der Waals surface area contributed by atoms with Gasteiger partial charge in [-0.25, -0.2) is 4.98 Å². The number of likely N-dealkylation sites (tertiary alicyclic amines) is 1. The number of hydrogen-bond acceptors (Lipinski definition) is 2. The number of nitrogens with zero attached hydrogens (tertiary/aromatic N) is 2. The molecule has 1 saturated heterocycles. The third-order valence-corrected chi connectivity index (χ3v) is 4.56. The van der Waals surface area contributed by atoms with Crippen LogP contribution >= 0.6 is 0 Å². The number of carbonyl (C=O) groups is 1. The maximum Gasteiger partial charge on any atom is 0.272 e. The largest absolute Gasteiger partial charge is 0.337 e. The number of benzene rings is 1. The van der Waals surface area contributed by atoms with Gasteiger partial charge < -0.3 is 4.90 Å². The molecule has 0 unspecified atom stereocenters. The molecule has 1 fully saturated rings. The summed E-state index contributed by atoms with van der Waals surface area (Å²) in [5.74, 6) is 0.775. The van der Waals surface area contributed by atoms with Gasteiger partial charge in [-0.2, -0.15) is 0 Å². The van der Waals surface area contributed by atoms with Crippen molar-refractivity contribution in [1.29, 1.82) is 0 Å². The molecule has 2 aromatic rings. The number of amides is 1. The summed E-state index contributed by atoms with van der Waals surface area (Å²) >= 11 is 0. The molecule has 0 bridgehead atoms. The Hall–Kier alpha value is -2.16. The van der Waals surface area contributed by atoms with Gasteiger partial charge in [0.25, 0.3) is 5.91 Å². The van der Waals surface area contributed by atoms with Gasteiger partial charge in [-0.1, -0.05) is 30.2 Å². The standard InChI is InChI=1S/C20H24N2O/c1-14-7-9-22(10-8-14)20(23)19-6-4-5-18(21-19)17-12-15(2)11-16(3)13-17/h4-6,11-14H,7-10H2,1-3H3. The second-order valence-electron chi connectivity index (χ2n) is 6.76. The minimum atomic E-state index is 0.0584. The van der Waals surface area contributed by atoms with E-state index >= 15 is 0 Å². The number of piperidine rings is 1. The van der Waals surface area contributed by atoms with Crippen LogP contribution in [0, 0.1) is 19.8 Å². The van der Waals surface area contributed by atoms with Crippen molar-refractivity contribution in [2.24, 2.45) is 5.92 Å². The molecule has 120 valence electrons. The second kappa shape index (κ2) is 6.53. The molecule has 1 amide bonds. The highest BCUT2D eigenvalue weighted by Crippen LogP contribution is 2.22. The quantitative estimate of drug-likeness (QED) is 0.831. The second-order valence-corrected chi connectivity index (χ2v) is 6.76. The lowest BCUT2D eigenvalue weighted by Crippen LogP contribution is -2.38. The van der Waals surface area contributed by atoms with Gasteiger partial charge in [0.05, 0.1) is 5.69 Å². The number of pyridine rings is 1. The predicted octanol–water partition coefficient (Wildman–Crippen LogP) is 4.24. The molecule has 2 heterocycles. The van der Waals surface area contributed by atoms with Crippen LogP contribution in [0.2, 0.25) is 0 Å². The molecule has 0 spiro atoms. The Morgan fingerprint density at radius 1 is 1.09 bits per heavy atom. The number of aryl methyl sites for hydroxylation is 2. The van der Waals surface area contributed by atoms with E-state index in [4.69, 9.17) is 0 Å². The smallest absolute Gasteiger partial charge is 0.272 e. The van der Waals surface area contributed by atoms with E-state index < -0.39 is 0 Å². The van der Waals surface area contributed by atoms with E-state index in [1.165, 1.54) is 11.1 Å². The first-order valence-corrected chi connectivity index (χ1v) is 8.38. The average molecular weight is 308 g/mol. The monoisotopic (exact) mass is 308 g/mol. The summed E-state index contributed by atoms with van der Waals surface area (Å²) in [4.78, 5) is 19.3. The molecule has 3 rings (SSSR count). The summed E-state index contributed by atoms with van der Waals surface area (Å²) in [5.41, 5.74) is 4.92. The molecule has 0 saturated carbocycles. The van der Waals surface area contributed by atoms with Gasteiger partial charge in [-0.15, -0.1) is 0 Å². The first kappa shape index (κ1) is 15.7. The molecule has 1 aromatic carbocycles. The Balaban J connectivity index is 1.86. The fourth-order valence-corrected chi connectivity index (χ4v) is 3.21. The van der Waals surface area contributed by atoms with E-state index in [-0.39, 0.29) is 5.91 Å². The highest BCUT2D eigenvalue weighted by Gasteiger charge is 2.22. The van der Waals surface area contributed by atoms with E-state index in [1.54, 1.807) is 0 Å². The third kappa shape index (κ3) is 3.61. The lowest BCUT2D eigenvalue weighted by molar-refractivity contribution is 0.0691. The molecule has 1 aliphatic heterocycles. The normalized spacial score (nSPS) is 15.7. The summed E-state index contributed by atoms with van der Waals surface area (Å²) in [6, 6.07) is 12.1. The van der Waals surface area contributed by atoms with Crippen molar-refractivity contribution in [2.45, 2.75) is 33.6 Å². The van der Waals surface area contributed by atoms with E-state index in [0.29, 0.717) is 11.6 Å². The Labute approximate surface area is 138 Å². The zero-order valence-corrected chi connectivity index (χ0v) is 14.2. The molecule has 1 aromatic heterocycles. The minimum Gasteiger partial charge on any atom is -0.337 e. The fraction of sp³-hybridized carbons (Fsp3) is 0.400. The lowest BCUT2D eigenvalue weighted by Gasteiger charge is -2.30. The summed E-state index contributed by atoms with van der Waals surface area (Å²) in [7, 11) is 0. The van der Waals surface area contributed by atoms with Gasteiger partial charge in [-0.05, 0) is 56.9 Å². The summed E-state index contributed by atoms with van der Waals surface area (Å²) in [6.45, 7) is 8.10. The van der Waals surface area contributed by atoms with Crippen LogP contribution in [0.25, 0.3) is 11.3 Å². The van der Waals surface area contributed by atoms with Gasteiger partial charge in [0.15, 0.2) is 0 Å². The van der Waals surface area contributed by atoms with Gasteiger partial charge in [0.1, 0.15) is 5.69 Å². The van der Waals surface area contributed by atoms with Crippen LogP contribution in [0.1, 0.15) is 41.4 Å². The van der Waals surface area contributed by atoms with Crippen molar-refractivity contribution in [2.75, 3.05) is 13.1 Å². The molecular formula is C20H24N2O. The SMILES string of the molecule is Cc1cc(C)cc(-c2cccc(C(=O)N3CCC(C)CC3)n2)c1. The van der Waals surface area contributed by atoms with Crippen molar-refractivity contribution >= 4 is 5.91 Å². The van der Waals surface area contributed by atoms with Crippen molar-refractivity contribution in [3.63, 3.8) is 0 Å². The first-order chi connectivity index (χ1) is 11.0. The maximum atomic E-state index is 12.7. The van der Waals surface area contributed by atoms with Crippen LogP contribution in [0.3, 0.4) is 0 Å². The van der Waals surface area contributed by atoms with E-state index in [9.17, 15) is 4.79 Å². The number of aromatic nitrogens is 1.